The molecule has 1 radical (unpaired) electrons. The summed E-state index contributed by atoms with van der Waals surface area (Å²) in [5, 5.41) is 17.0. The van der Waals surface area contributed by atoms with E-state index in [4.69, 9.17) is 14.4 Å². The molecule has 0 spiro atoms. The van der Waals surface area contributed by atoms with Crippen LogP contribution in [0.15, 0.2) is 52.2 Å². The molecule has 0 bridgehead atoms. The van der Waals surface area contributed by atoms with Gasteiger partial charge in [0.15, 0.2) is 5.78 Å². The third-order valence-corrected chi connectivity index (χ3v) is 13.2. The van der Waals surface area contributed by atoms with Crippen LogP contribution in [0, 0.1) is 29.7 Å². The van der Waals surface area contributed by atoms with Gasteiger partial charge in [0.25, 0.3) is 0 Å². The van der Waals surface area contributed by atoms with Gasteiger partial charge < -0.3 is 9.52 Å². The first kappa shape index (κ1) is 41.8. The fourth-order valence-corrected chi connectivity index (χ4v) is 8.95. The Bertz CT molecular complexity index is 2220. The second kappa shape index (κ2) is 16.2. The van der Waals surface area contributed by atoms with Gasteiger partial charge in [-0.1, -0.05) is 87.3 Å². The summed E-state index contributed by atoms with van der Waals surface area (Å²) in [4.78, 5) is 22.7. The molecule has 0 unspecified atom stereocenters. The van der Waals surface area contributed by atoms with Crippen LogP contribution in [0.25, 0.3) is 52.6 Å². The fourth-order valence-electron chi connectivity index (χ4n) is 6.66. The van der Waals surface area contributed by atoms with Gasteiger partial charge in [-0.25, -0.2) is 4.98 Å². The SMILES string of the molecule is CCC(C)(CC)C(=O)/C=C(\O)C(C)(CC)CC.Cc1oc2ccc3c(sc4ncnc(-c5[c-]c6ccsc6c(C(C)(C)C)c5)c43)c2c1CC(C)C.[Ir]. The number of fused-ring (bicyclic) bond motifs is 6. The van der Waals surface area contributed by atoms with Gasteiger partial charge >= 0.3 is 0 Å². The van der Waals surface area contributed by atoms with Crippen LogP contribution < -0.4 is 0 Å². The summed E-state index contributed by atoms with van der Waals surface area (Å²) in [6.45, 7) is 25.5. The second-order valence-electron chi connectivity index (χ2n) is 16.0. The number of nitrogens with zero attached hydrogens (tertiary/aromatic N) is 2. The number of furan rings is 1. The van der Waals surface area contributed by atoms with Crippen molar-refractivity contribution in [1.29, 1.82) is 0 Å². The van der Waals surface area contributed by atoms with E-state index in [9.17, 15) is 9.90 Å². The minimum Gasteiger partial charge on any atom is -0.512 e. The van der Waals surface area contributed by atoms with Crippen LogP contribution in [-0.4, -0.2) is 20.9 Å². The maximum Gasteiger partial charge on any atom is 0.164 e. The van der Waals surface area contributed by atoms with Crippen molar-refractivity contribution in [1.82, 2.24) is 9.97 Å². The summed E-state index contributed by atoms with van der Waals surface area (Å²) in [6.07, 6.45) is 7.45. The van der Waals surface area contributed by atoms with E-state index in [-0.39, 0.29) is 47.9 Å². The Kier molecular flexibility index (Phi) is 13.1. The minimum atomic E-state index is -0.337. The molecule has 0 aliphatic rings. The van der Waals surface area contributed by atoms with Gasteiger partial charge in [0.1, 0.15) is 28.3 Å². The quantitative estimate of drug-likeness (QED) is 0.0842. The number of ketones is 1. The molecule has 0 saturated carbocycles. The van der Waals surface area contributed by atoms with Crippen molar-refractivity contribution in [2.45, 2.75) is 121 Å². The van der Waals surface area contributed by atoms with Crippen molar-refractivity contribution in [3.63, 3.8) is 0 Å². The van der Waals surface area contributed by atoms with E-state index in [0.717, 1.165) is 70.3 Å². The number of carbonyl (C=O) groups is 1. The number of allylic oxidation sites excluding steroid dienone is 2. The molecule has 0 aliphatic heterocycles. The van der Waals surface area contributed by atoms with Crippen molar-refractivity contribution in [3.05, 3.63) is 70.8 Å². The van der Waals surface area contributed by atoms with Crippen LogP contribution in [0.5, 0.6) is 0 Å². The average molecular weight is 916 g/mol. The molecular weight excluding hydrogens is 861 g/mol. The zero-order valence-corrected chi connectivity index (χ0v) is 37.0. The summed E-state index contributed by atoms with van der Waals surface area (Å²) < 4.78 is 8.73. The Labute approximate surface area is 331 Å². The van der Waals surface area contributed by atoms with Crippen molar-refractivity contribution in [2.75, 3.05) is 0 Å². The van der Waals surface area contributed by atoms with Gasteiger partial charge in [-0.05, 0) is 78.0 Å². The average Bonchev–Trinajstić information content (AvgIpc) is 3.81. The molecule has 4 aromatic heterocycles. The van der Waals surface area contributed by atoms with Gasteiger partial charge in [0.2, 0.25) is 0 Å². The summed E-state index contributed by atoms with van der Waals surface area (Å²) in [5.74, 6) is 1.86. The maximum absolute atomic E-state index is 12.2. The van der Waals surface area contributed by atoms with Crippen molar-refractivity contribution < 1.29 is 34.4 Å². The van der Waals surface area contributed by atoms with E-state index < -0.39 is 0 Å². The zero-order valence-electron chi connectivity index (χ0n) is 33.0. The number of aliphatic hydroxyl groups is 1. The van der Waals surface area contributed by atoms with Gasteiger partial charge in [0.05, 0.1) is 0 Å². The number of benzene rings is 2. The summed E-state index contributed by atoms with van der Waals surface area (Å²) in [5.41, 5.74) is 5.04. The van der Waals surface area contributed by atoms with Crippen molar-refractivity contribution in [3.8, 4) is 11.3 Å². The smallest absolute Gasteiger partial charge is 0.164 e. The fraction of sp³-hybridized carbons (Fsp3) is 0.477. The first-order chi connectivity index (χ1) is 24.0. The second-order valence-corrected chi connectivity index (χ2v) is 17.9. The van der Waals surface area contributed by atoms with Crippen LogP contribution in [0.2, 0.25) is 0 Å². The molecular formula is C44H55IrN2O3S2-. The molecule has 2 aromatic carbocycles. The number of hydrogen-bond donors (Lipinski definition) is 1. The van der Waals surface area contributed by atoms with E-state index >= 15 is 0 Å². The van der Waals surface area contributed by atoms with Gasteiger partial charge in [-0.2, -0.15) is 11.3 Å². The number of rotatable bonds is 10. The largest absolute Gasteiger partial charge is 0.512 e. The number of aryl methyl sites for hydroxylation is 1. The predicted molar refractivity (Wildman–Crippen MR) is 219 cm³/mol. The summed E-state index contributed by atoms with van der Waals surface area (Å²) >= 11 is 3.54. The van der Waals surface area contributed by atoms with Crippen LogP contribution in [-0.2, 0) is 36.7 Å². The maximum atomic E-state index is 12.2. The van der Waals surface area contributed by atoms with Crippen LogP contribution in [0.4, 0.5) is 0 Å². The standard InChI is InChI=1S/C29H27N2OS2.C15H28O2.Ir/c1-15(2)11-20-16(3)32-22-8-7-19-24-25(30-14-31-28(24)34-27(19)23(20)22)18-12-17-9-10-33-26(17)21(13-18)29(4,5)6;1-7-14(5,8-2)12(16)11-13(17)15(6,9-3)10-4;/h7-10,13-15H,11H2,1-6H3;11,16H,7-10H2,1-6H3;/q-1;;/b;12-11-;. The number of hydrogen-bond acceptors (Lipinski definition) is 7. The molecule has 0 saturated heterocycles. The molecule has 0 fully saturated rings. The number of thiophene rings is 2. The number of carbonyl (C=O) groups excluding carboxylic acids is 1. The Morgan fingerprint density at radius 2 is 1.60 bits per heavy atom. The van der Waals surface area contributed by atoms with E-state index in [1.807, 2.05) is 41.5 Å². The van der Waals surface area contributed by atoms with E-state index in [1.54, 1.807) is 29.0 Å². The molecule has 0 aliphatic carbocycles. The predicted octanol–water partition coefficient (Wildman–Crippen LogP) is 13.7. The van der Waals surface area contributed by atoms with Crippen molar-refractivity contribution in [2.24, 2.45) is 16.7 Å². The molecule has 8 heteroatoms. The monoisotopic (exact) mass is 916 g/mol. The Balaban J connectivity index is 0.000000289. The molecule has 0 amide bonds. The summed E-state index contributed by atoms with van der Waals surface area (Å²) in [6, 6.07) is 12.4. The number of aliphatic hydroxyl groups excluding tert-OH is 1. The third-order valence-electron chi connectivity index (χ3n) is 11.1. The van der Waals surface area contributed by atoms with E-state index in [0.29, 0.717) is 5.92 Å². The Morgan fingerprint density at radius 1 is 0.942 bits per heavy atom. The Hall–Kier alpha value is -2.90. The molecule has 6 aromatic rings. The molecule has 6 rings (SSSR count). The molecule has 281 valence electrons. The third kappa shape index (κ3) is 7.97. The molecule has 0 atom stereocenters. The van der Waals surface area contributed by atoms with E-state index in [1.165, 1.54) is 37.4 Å². The van der Waals surface area contributed by atoms with E-state index in [2.05, 4.69) is 77.3 Å². The van der Waals surface area contributed by atoms with Gasteiger partial charge in [0, 0.05) is 63.7 Å². The first-order valence-electron chi connectivity index (χ1n) is 18.5. The first-order valence-corrected chi connectivity index (χ1v) is 20.2. The van der Waals surface area contributed by atoms with Gasteiger partial charge in [-0.15, -0.1) is 34.9 Å². The molecule has 5 nitrogen and oxygen atoms in total. The van der Waals surface area contributed by atoms with Crippen molar-refractivity contribution >= 4 is 69.8 Å². The zero-order chi connectivity index (χ0) is 37.5. The van der Waals surface area contributed by atoms with Crippen LogP contribution in [0.1, 0.15) is 119 Å². The van der Waals surface area contributed by atoms with Crippen LogP contribution in [0.3, 0.4) is 0 Å². The molecule has 52 heavy (non-hydrogen) atoms. The number of aromatic nitrogens is 2. The van der Waals surface area contributed by atoms with Gasteiger partial charge in [-0.3, -0.25) is 9.78 Å². The normalized spacial score (nSPS) is 12.9. The molecule has 1 N–H and O–H groups in total. The topological polar surface area (TPSA) is 76.2 Å². The van der Waals surface area contributed by atoms with Crippen LogP contribution >= 0.6 is 22.7 Å². The molecule has 4 heterocycles. The Morgan fingerprint density at radius 3 is 2.19 bits per heavy atom. The summed E-state index contributed by atoms with van der Waals surface area (Å²) in [7, 11) is 0. The minimum absolute atomic E-state index is 0.